The van der Waals surface area contributed by atoms with Crippen LogP contribution in [0, 0.1) is 19.3 Å². The van der Waals surface area contributed by atoms with E-state index in [-0.39, 0.29) is 12.3 Å². The van der Waals surface area contributed by atoms with E-state index in [9.17, 15) is 14.7 Å². The van der Waals surface area contributed by atoms with Gasteiger partial charge in [-0.05, 0) is 45.1 Å². The summed E-state index contributed by atoms with van der Waals surface area (Å²) in [6, 6.07) is 0. The van der Waals surface area contributed by atoms with E-state index in [2.05, 4.69) is 10.4 Å². The van der Waals surface area contributed by atoms with Gasteiger partial charge in [-0.15, -0.1) is 0 Å². The number of hydrogen-bond acceptors (Lipinski definition) is 3. The van der Waals surface area contributed by atoms with Gasteiger partial charge in [0.05, 0.1) is 11.1 Å². The zero-order valence-electron chi connectivity index (χ0n) is 13.6. The minimum atomic E-state index is -0.837. The van der Waals surface area contributed by atoms with E-state index in [1.807, 2.05) is 25.6 Å². The third-order valence-corrected chi connectivity index (χ3v) is 4.85. The van der Waals surface area contributed by atoms with Gasteiger partial charge >= 0.3 is 5.97 Å². The highest BCUT2D eigenvalue weighted by Crippen LogP contribution is 2.44. The monoisotopic (exact) mass is 307 g/mol. The number of amides is 1. The van der Waals surface area contributed by atoms with Crippen molar-refractivity contribution >= 4 is 11.9 Å². The van der Waals surface area contributed by atoms with Crippen LogP contribution in [-0.2, 0) is 23.1 Å². The number of hydrogen-bond donors (Lipinski definition) is 2. The highest BCUT2D eigenvalue weighted by molar-refractivity contribution is 5.85. The second kappa shape index (κ2) is 6.50. The first-order chi connectivity index (χ1) is 10.4. The third kappa shape index (κ3) is 3.31. The molecule has 1 saturated carbocycles. The van der Waals surface area contributed by atoms with Gasteiger partial charge in [0.25, 0.3) is 0 Å². The zero-order valence-corrected chi connectivity index (χ0v) is 13.6. The van der Waals surface area contributed by atoms with Crippen LogP contribution in [0.5, 0.6) is 0 Å². The summed E-state index contributed by atoms with van der Waals surface area (Å²) >= 11 is 0. The fourth-order valence-electron chi connectivity index (χ4n) is 3.11. The molecule has 1 aromatic rings. The van der Waals surface area contributed by atoms with Crippen LogP contribution in [0.3, 0.4) is 0 Å². The topological polar surface area (TPSA) is 84.2 Å². The summed E-state index contributed by atoms with van der Waals surface area (Å²) in [5, 5.41) is 16.5. The van der Waals surface area contributed by atoms with Crippen LogP contribution in [-0.4, -0.2) is 33.3 Å². The third-order valence-electron chi connectivity index (χ3n) is 4.85. The molecule has 0 aromatic carbocycles. The van der Waals surface area contributed by atoms with Crippen molar-refractivity contribution in [3.63, 3.8) is 0 Å². The number of carboxylic acids is 1. The Kier molecular flexibility index (Phi) is 4.88. The van der Waals surface area contributed by atoms with E-state index in [1.165, 1.54) is 5.56 Å². The van der Waals surface area contributed by atoms with Crippen LogP contribution >= 0.6 is 0 Å². The number of carbonyl (C=O) groups is 2. The Morgan fingerprint density at radius 3 is 2.50 bits per heavy atom. The van der Waals surface area contributed by atoms with Gasteiger partial charge in [-0.25, -0.2) is 0 Å². The molecule has 0 saturated heterocycles. The van der Waals surface area contributed by atoms with E-state index < -0.39 is 11.4 Å². The molecule has 0 spiro atoms. The van der Waals surface area contributed by atoms with Crippen LogP contribution in [0.1, 0.15) is 49.1 Å². The van der Waals surface area contributed by atoms with Crippen molar-refractivity contribution in [3.05, 3.63) is 17.0 Å². The first kappa shape index (κ1) is 16.5. The molecule has 0 atom stereocenters. The number of aromatic nitrogens is 2. The predicted molar refractivity (Wildman–Crippen MR) is 82.5 cm³/mol. The predicted octanol–water partition coefficient (Wildman–Crippen LogP) is 1.73. The molecule has 6 nitrogen and oxygen atoms in total. The van der Waals surface area contributed by atoms with Crippen LogP contribution < -0.4 is 5.32 Å². The number of aliphatic carboxylic acids is 1. The molecule has 1 aliphatic carbocycles. The molecule has 1 amide bonds. The van der Waals surface area contributed by atoms with E-state index in [0.717, 1.165) is 30.7 Å². The van der Waals surface area contributed by atoms with Crippen LogP contribution in [0.25, 0.3) is 0 Å². The molecule has 1 fully saturated rings. The van der Waals surface area contributed by atoms with Crippen LogP contribution in [0.15, 0.2) is 0 Å². The Labute approximate surface area is 130 Å². The minimum Gasteiger partial charge on any atom is -0.481 e. The zero-order chi connectivity index (χ0) is 16.3. The Bertz CT molecular complexity index is 573. The fourth-order valence-corrected chi connectivity index (χ4v) is 3.11. The Morgan fingerprint density at radius 1 is 1.36 bits per heavy atom. The lowest BCUT2D eigenvalue weighted by Gasteiger charge is -2.36. The normalized spacial score (nSPS) is 16.1. The molecule has 0 unspecified atom stereocenters. The highest BCUT2D eigenvalue weighted by Gasteiger charge is 2.45. The fraction of sp³-hybridized carbons (Fsp3) is 0.688. The summed E-state index contributed by atoms with van der Waals surface area (Å²) in [5.74, 6) is -0.989. The average Bonchev–Trinajstić information content (AvgIpc) is 2.64. The lowest BCUT2D eigenvalue weighted by atomic mass is 9.66. The lowest BCUT2D eigenvalue weighted by molar-refractivity contribution is -0.157. The van der Waals surface area contributed by atoms with E-state index >= 15 is 0 Å². The molecule has 2 N–H and O–H groups in total. The summed E-state index contributed by atoms with van der Waals surface area (Å²) in [4.78, 5) is 23.2. The molecule has 2 rings (SSSR count). The van der Waals surface area contributed by atoms with Crippen molar-refractivity contribution < 1.29 is 14.7 Å². The second-order valence-corrected chi connectivity index (χ2v) is 6.34. The van der Waals surface area contributed by atoms with Gasteiger partial charge < -0.3 is 10.4 Å². The maximum absolute atomic E-state index is 11.9. The van der Waals surface area contributed by atoms with Crippen LogP contribution in [0.4, 0.5) is 0 Å². The van der Waals surface area contributed by atoms with Gasteiger partial charge in [-0.3, -0.25) is 14.3 Å². The average molecular weight is 307 g/mol. The number of aryl methyl sites for hydroxylation is 2. The van der Waals surface area contributed by atoms with Crippen molar-refractivity contribution in [2.24, 2.45) is 12.5 Å². The molecule has 1 aromatic heterocycles. The molecule has 0 bridgehead atoms. The molecule has 0 radical (unpaired) electrons. The molecule has 1 heterocycles. The van der Waals surface area contributed by atoms with Crippen LogP contribution in [0.2, 0.25) is 0 Å². The van der Waals surface area contributed by atoms with Gasteiger partial charge in [0.1, 0.15) is 0 Å². The van der Waals surface area contributed by atoms with E-state index in [0.29, 0.717) is 19.4 Å². The lowest BCUT2D eigenvalue weighted by Crippen LogP contribution is -2.42. The van der Waals surface area contributed by atoms with E-state index in [4.69, 9.17) is 0 Å². The molecule has 122 valence electrons. The molecule has 0 aliphatic heterocycles. The first-order valence-corrected chi connectivity index (χ1v) is 7.85. The number of carboxylic acid groups (broad SMARTS) is 1. The first-order valence-electron chi connectivity index (χ1n) is 7.85. The maximum atomic E-state index is 11.9. The smallest absolute Gasteiger partial charge is 0.310 e. The van der Waals surface area contributed by atoms with Gasteiger partial charge in [-0.2, -0.15) is 5.10 Å². The van der Waals surface area contributed by atoms with Crippen molar-refractivity contribution in [1.82, 2.24) is 15.1 Å². The molecule has 1 aliphatic rings. The summed E-state index contributed by atoms with van der Waals surface area (Å²) < 4.78 is 1.87. The van der Waals surface area contributed by atoms with E-state index in [1.54, 1.807) is 0 Å². The number of carbonyl (C=O) groups excluding carboxylic acids is 1. The number of nitrogens with one attached hydrogen (secondary N) is 1. The van der Waals surface area contributed by atoms with Gasteiger partial charge in [0, 0.05) is 25.7 Å². The maximum Gasteiger partial charge on any atom is 0.310 e. The summed E-state index contributed by atoms with van der Waals surface area (Å²) in [6.07, 6.45) is 3.94. The Balaban J connectivity index is 1.75. The molecular weight excluding hydrogens is 282 g/mol. The Morgan fingerprint density at radius 2 is 2.05 bits per heavy atom. The number of nitrogens with zero attached hydrogens (tertiary/aromatic N) is 2. The standard InChI is InChI=1S/C16H25N3O3/c1-11-13(12(2)19(3)18-11)6-4-9-17-14(20)10-16(15(21)22)7-5-8-16/h4-10H2,1-3H3,(H,17,20)(H,21,22). The van der Waals surface area contributed by atoms with Gasteiger partial charge in [0.2, 0.25) is 5.91 Å². The summed E-state index contributed by atoms with van der Waals surface area (Å²) in [5.41, 5.74) is 2.62. The van der Waals surface area contributed by atoms with Crippen molar-refractivity contribution in [2.45, 2.75) is 52.4 Å². The number of rotatable bonds is 7. The van der Waals surface area contributed by atoms with Crippen molar-refractivity contribution in [2.75, 3.05) is 6.54 Å². The largest absolute Gasteiger partial charge is 0.481 e. The molecule has 22 heavy (non-hydrogen) atoms. The van der Waals surface area contributed by atoms with Crippen molar-refractivity contribution in [3.8, 4) is 0 Å². The summed E-state index contributed by atoms with van der Waals surface area (Å²) in [7, 11) is 1.93. The second-order valence-electron chi connectivity index (χ2n) is 6.34. The van der Waals surface area contributed by atoms with Crippen molar-refractivity contribution in [1.29, 1.82) is 0 Å². The van der Waals surface area contributed by atoms with Gasteiger partial charge in [0.15, 0.2) is 0 Å². The quantitative estimate of drug-likeness (QED) is 0.751. The minimum absolute atomic E-state index is 0.104. The SMILES string of the molecule is Cc1nn(C)c(C)c1CCCNC(=O)CC1(C(=O)O)CCC1. The Hall–Kier alpha value is -1.85. The summed E-state index contributed by atoms with van der Waals surface area (Å²) in [6.45, 7) is 4.61. The molecular formula is C16H25N3O3. The molecule has 6 heteroatoms. The van der Waals surface area contributed by atoms with Gasteiger partial charge in [-0.1, -0.05) is 6.42 Å². The highest BCUT2D eigenvalue weighted by atomic mass is 16.4.